The number of imidazole rings is 1. The van der Waals surface area contributed by atoms with E-state index in [0.717, 1.165) is 13.0 Å². The number of halogens is 6. The molecule has 0 spiro atoms. The molecule has 0 aliphatic heterocycles. The van der Waals surface area contributed by atoms with Gasteiger partial charge in [0.2, 0.25) is 12.2 Å². The number of hydrogen-bond donors (Lipinski definition) is 3. The van der Waals surface area contributed by atoms with Crippen LogP contribution in [-0.2, 0) is 33.5 Å². The van der Waals surface area contributed by atoms with Crippen LogP contribution in [0.3, 0.4) is 0 Å². The number of ether oxygens (including phenoxy) is 1. The number of aromatic nitrogens is 2. The molecule has 8 nitrogen and oxygen atoms in total. The van der Waals surface area contributed by atoms with Crippen molar-refractivity contribution in [2.45, 2.75) is 70.4 Å². The molecule has 0 unspecified atom stereocenters. The second kappa shape index (κ2) is 14.3. The maximum absolute atomic E-state index is 13.3. The monoisotopic (exact) mass is 666 g/mol. The maximum atomic E-state index is 13.3. The Morgan fingerprint density at radius 1 is 0.956 bits per heavy atom. The number of rotatable bonds is 13. The summed E-state index contributed by atoms with van der Waals surface area (Å²) in [5.74, 6) is -1.02. The molecule has 0 fully saturated rings. The normalized spacial score (nSPS) is 15.5. The summed E-state index contributed by atoms with van der Waals surface area (Å²) in [5, 5.41) is 15.1. The summed E-state index contributed by atoms with van der Waals surface area (Å²) >= 11 is 0. The summed E-state index contributed by atoms with van der Waals surface area (Å²) < 4.78 is 68.7. The Bertz CT molecular complexity index is 1340. The van der Waals surface area contributed by atoms with Gasteiger partial charge in [-0.15, -0.1) is 0 Å². The van der Waals surface area contributed by atoms with E-state index in [-0.39, 0.29) is 18.3 Å². The van der Waals surface area contributed by atoms with Gasteiger partial charge in [-0.05, 0) is 36.8 Å². The van der Waals surface area contributed by atoms with Crippen LogP contribution in [0.25, 0.3) is 0 Å². The number of benzene rings is 2. The third-order valence-electron chi connectivity index (χ3n) is 6.84. The van der Waals surface area contributed by atoms with Crippen molar-refractivity contribution in [2.75, 3.05) is 0 Å². The van der Waals surface area contributed by atoms with Crippen molar-refractivity contribution in [3.8, 4) is 0 Å². The molecule has 15 heteroatoms. The summed E-state index contributed by atoms with van der Waals surface area (Å²) in [7, 11) is -8.70. The molecule has 0 saturated heterocycles. The van der Waals surface area contributed by atoms with E-state index in [4.69, 9.17) is 10.5 Å². The second-order valence-electron chi connectivity index (χ2n) is 11.2. The van der Waals surface area contributed by atoms with Crippen LogP contribution in [0.5, 0.6) is 0 Å². The number of aliphatic hydroxyl groups is 1. The van der Waals surface area contributed by atoms with Crippen LogP contribution in [0.1, 0.15) is 51.2 Å². The molecule has 0 bridgehead atoms. The van der Waals surface area contributed by atoms with Gasteiger partial charge in [0.05, 0.1) is 19.6 Å². The van der Waals surface area contributed by atoms with Crippen LogP contribution in [-0.4, -0.2) is 39.7 Å². The first-order valence-corrected chi connectivity index (χ1v) is 16.3. The topological polar surface area (TPSA) is 110 Å². The first-order valence-electron chi connectivity index (χ1n) is 14.2. The van der Waals surface area contributed by atoms with Crippen LogP contribution in [0.2, 0.25) is 0 Å². The average molecular weight is 667 g/mol. The van der Waals surface area contributed by atoms with Crippen molar-refractivity contribution < 1.29 is 49.2 Å². The summed E-state index contributed by atoms with van der Waals surface area (Å²) in [5.41, 5.74) is 6.06. The van der Waals surface area contributed by atoms with Gasteiger partial charge in [0.1, 0.15) is 30.1 Å². The molecule has 3 aromatic rings. The number of carbonyl (C=O) groups excluding carboxylic acids is 2. The van der Waals surface area contributed by atoms with Gasteiger partial charge in [0, 0.05) is 6.42 Å². The number of amides is 1. The molecule has 0 aliphatic carbocycles. The molecular formula is C30H41F6N4O4P. The van der Waals surface area contributed by atoms with E-state index >= 15 is 0 Å². The van der Waals surface area contributed by atoms with Crippen molar-refractivity contribution in [2.24, 2.45) is 18.7 Å². The molecule has 4 N–H and O–H groups in total. The Hall–Kier alpha value is -3.48. The number of carbonyl (C=O) groups is 2. The Balaban J connectivity index is 0.000000900. The third-order valence-corrected chi connectivity index (χ3v) is 6.84. The second-order valence-corrected chi connectivity index (χ2v) is 13.1. The Morgan fingerprint density at radius 2 is 1.44 bits per heavy atom. The third kappa shape index (κ3) is 13.6. The molecule has 45 heavy (non-hydrogen) atoms. The number of esters is 1. The fourth-order valence-corrected chi connectivity index (χ4v) is 4.66. The van der Waals surface area contributed by atoms with Gasteiger partial charge in [-0.3, -0.25) is 9.59 Å². The van der Waals surface area contributed by atoms with Gasteiger partial charge >= 0.3 is 39.0 Å². The minimum absolute atomic E-state index is 0.142. The van der Waals surface area contributed by atoms with E-state index in [2.05, 4.69) is 9.88 Å². The molecule has 0 saturated carbocycles. The molecule has 252 valence electrons. The molecule has 0 radical (unpaired) electrons. The van der Waals surface area contributed by atoms with Crippen molar-refractivity contribution in [1.29, 1.82) is 0 Å². The van der Waals surface area contributed by atoms with Gasteiger partial charge in [-0.2, -0.15) is 0 Å². The van der Waals surface area contributed by atoms with Gasteiger partial charge in [0.15, 0.2) is 0 Å². The van der Waals surface area contributed by atoms with E-state index in [9.17, 15) is 39.9 Å². The minimum atomic E-state index is -10.7. The standard InChI is InChI=1S/C30H40N4O4.F6P/c1-22(2)28(30(37,24-13-7-5-8-14-24)25-15-9-6-10-16-25)32-29(36)27(31)23(3)38-26(35)17-11-12-18-34-20-19-33(4)21-34;1-7(2,3,4,5)6/h5-10,13-16,19-23,27-28,37H,11-12,17-18,31H2,1-4H3;/q;-1/p+1/t23-,27+,28+;/m1./s1. The van der Waals surface area contributed by atoms with Gasteiger partial charge in [0.25, 0.3) is 0 Å². The Kier molecular flexibility index (Phi) is 12.0. The number of hydrogen-bond acceptors (Lipinski definition) is 5. The Morgan fingerprint density at radius 3 is 1.87 bits per heavy atom. The fraction of sp³-hybridized carbons (Fsp3) is 0.433. The molecule has 0 aliphatic rings. The van der Waals surface area contributed by atoms with E-state index in [1.54, 1.807) is 6.92 Å². The zero-order valence-electron chi connectivity index (χ0n) is 25.5. The zero-order chi connectivity index (χ0) is 34.1. The van der Waals surface area contributed by atoms with Crippen molar-refractivity contribution in [3.05, 3.63) is 90.5 Å². The van der Waals surface area contributed by atoms with Crippen molar-refractivity contribution in [1.82, 2.24) is 9.88 Å². The van der Waals surface area contributed by atoms with Crippen LogP contribution in [0.4, 0.5) is 25.2 Å². The molecule has 3 atom stereocenters. The summed E-state index contributed by atoms with van der Waals surface area (Å²) in [6.45, 7) is 6.30. The fourth-order valence-electron chi connectivity index (χ4n) is 4.66. The molecule has 3 rings (SSSR count). The quantitative estimate of drug-likeness (QED) is 0.0662. The van der Waals surface area contributed by atoms with Crippen molar-refractivity contribution in [3.63, 3.8) is 0 Å². The Labute approximate surface area is 258 Å². The van der Waals surface area contributed by atoms with E-state index in [1.165, 1.54) is 0 Å². The summed E-state index contributed by atoms with van der Waals surface area (Å²) in [4.78, 5) is 25.7. The van der Waals surface area contributed by atoms with Crippen LogP contribution < -0.4 is 15.6 Å². The molecule has 1 heterocycles. The van der Waals surface area contributed by atoms with Gasteiger partial charge in [-0.25, -0.2) is 9.13 Å². The van der Waals surface area contributed by atoms with Crippen LogP contribution in [0, 0.1) is 5.92 Å². The molecular weight excluding hydrogens is 625 g/mol. The SMILES string of the molecule is CC(C)[C@H](NC(=O)[C@@H](N)[C@@H](C)OC(=O)CCCCn1cc[n+](C)c1)C(O)(c1ccccc1)c1ccccc1.F[P-](F)(F)(F)(F)F. The van der Waals surface area contributed by atoms with Crippen molar-refractivity contribution >= 4 is 19.7 Å². The van der Waals surface area contributed by atoms with Gasteiger partial charge < -0.3 is 20.9 Å². The predicted octanol–water partition coefficient (Wildman–Crippen LogP) is 6.20. The van der Waals surface area contributed by atoms with Crippen LogP contribution >= 0.6 is 7.81 Å². The molecule has 2 aromatic carbocycles. The predicted molar refractivity (Wildman–Crippen MR) is 159 cm³/mol. The zero-order valence-corrected chi connectivity index (χ0v) is 26.4. The average Bonchev–Trinajstić information content (AvgIpc) is 3.36. The van der Waals surface area contributed by atoms with E-state index < -0.39 is 37.5 Å². The number of nitrogens with two attached hydrogens (primary N) is 1. The molecule has 1 amide bonds. The first kappa shape index (κ1) is 37.7. The number of aryl methyl sites for hydroxylation is 2. The summed E-state index contributed by atoms with van der Waals surface area (Å²) in [6, 6.07) is 16.8. The van der Waals surface area contributed by atoms with E-state index in [0.29, 0.717) is 17.5 Å². The summed E-state index contributed by atoms with van der Waals surface area (Å²) in [6.07, 6.45) is 6.87. The number of nitrogens with one attached hydrogen (secondary N) is 1. The van der Waals surface area contributed by atoms with Crippen LogP contribution in [0.15, 0.2) is 79.4 Å². The van der Waals surface area contributed by atoms with Gasteiger partial charge in [-0.1, -0.05) is 74.5 Å². The van der Waals surface area contributed by atoms with E-state index in [1.807, 2.05) is 105 Å². The number of nitrogens with zero attached hydrogens (tertiary/aromatic N) is 2. The first-order chi connectivity index (χ1) is 20.6. The number of unbranched alkanes of at least 4 members (excludes halogenated alkanes) is 1. The molecule has 1 aromatic heterocycles.